The first kappa shape index (κ1) is 15.4. The van der Waals surface area contributed by atoms with E-state index in [0.29, 0.717) is 5.92 Å². The standard InChI is InChI=1S/C16H20N6O/c1-9(2)14-12-8-11-10(15(12)21-20-14)6-5-7-13(11)19-16(23)22(17-3)18-4/h5-9,17-18H,1-4H3,(H,19,23). The maximum Gasteiger partial charge on any atom is 0.351 e. The van der Waals surface area contributed by atoms with Crippen molar-refractivity contribution in [1.82, 2.24) is 16.0 Å². The van der Waals surface area contributed by atoms with Crippen molar-refractivity contribution in [3.63, 3.8) is 0 Å². The summed E-state index contributed by atoms with van der Waals surface area (Å²) < 4.78 is 0. The van der Waals surface area contributed by atoms with Crippen molar-refractivity contribution in [2.45, 2.75) is 13.8 Å². The molecule has 2 aliphatic rings. The number of benzene rings is 1. The summed E-state index contributed by atoms with van der Waals surface area (Å²) in [5.41, 5.74) is 9.18. The number of rotatable bonds is 4. The molecule has 7 nitrogen and oxygen atoms in total. The molecule has 1 heterocycles. The van der Waals surface area contributed by atoms with Gasteiger partial charge in [0.2, 0.25) is 0 Å². The van der Waals surface area contributed by atoms with Gasteiger partial charge in [-0.3, -0.25) is 0 Å². The smallest absolute Gasteiger partial charge is 0.305 e. The van der Waals surface area contributed by atoms with E-state index in [2.05, 4.69) is 46.3 Å². The van der Waals surface area contributed by atoms with Gasteiger partial charge in [0, 0.05) is 30.1 Å². The van der Waals surface area contributed by atoms with E-state index in [1.165, 1.54) is 5.12 Å². The third-order valence-electron chi connectivity index (χ3n) is 3.88. The van der Waals surface area contributed by atoms with Gasteiger partial charge in [0.25, 0.3) is 0 Å². The van der Waals surface area contributed by atoms with Crippen molar-refractivity contribution in [2.75, 3.05) is 19.4 Å². The van der Waals surface area contributed by atoms with Gasteiger partial charge in [-0.2, -0.15) is 10.2 Å². The Hall–Kier alpha value is -2.51. The summed E-state index contributed by atoms with van der Waals surface area (Å²) in [5.74, 6) is 0.305. The van der Waals surface area contributed by atoms with Crippen molar-refractivity contribution < 1.29 is 4.79 Å². The summed E-state index contributed by atoms with van der Waals surface area (Å²) >= 11 is 0. The van der Waals surface area contributed by atoms with Crippen LogP contribution in [0.5, 0.6) is 0 Å². The lowest BCUT2D eigenvalue weighted by Gasteiger charge is -2.19. The van der Waals surface area contributed by atoms with Gasteiger partial charge in [0.1, 0.15) is 5.70 Å². The first-order valence-electron chi connectivity index (χ1n) is 7.54. The van der Waals surface area contributed by atoms with Crippen LogP contribution in [0.3, 0.4) is 0 Å². The number of nitrogens with one attached hydrogen (secondary N) is 3. The van der Waals surface area contributed by atoms with Gasteiger partial charge in [-0.25, -0.2) is 15.6 Å². The van der Waals surface area contributed by atoms with E-state index in [4.69, 9.17) is 0 Å². The van der Waals surface area contributed by atoms with Gasteiger partial charge < -0.3 is 5.32 Å². The second kappa shape index (κ2) is 5.94. The number of hydrogen-bond donors (Lipinski definition) is 3. The Labute approximate surface area is 134 Å². The molecule has 0 saturated heterocycles. The Bertz CT molecular complexity index is 833. The number of anilines is 1. The summed E-state index contributed by atoms with van der Waals surface area (Å²) in [6.07, 6.45) is 2.05. The second-order valence-corrected chi connectivity index (χ2v) is 5.63. The minimum Gasteiger partial charge on any atom is -0.305 e. The molecule has 0 spiro atoms. The maximum absolute atomic E-state index is 12.2. The van der Waals surface area contributed by atoms with Crippen molar-refractivity contribution in [1.29, 1.82) is 0 Å². The van der Waals surface area contributed by atoms with Crippen molar-refractivity contribution in [2.24, 2.45) is 16.1 Å². The van der Waals surface area contributed by atoms with E-state index in [0.717, 1.165) is 33.1 Å². The highest BCUT2D eigenvalue weighted by Crippen LogP contribution is 2.32. The minimum absolute atomic E-state index is 0.293. The third-order valence-corrected chi connectivity index (χ3v) is 3.88. The molecule has 23 heavy (non-hydrogen) atoms. The normalized spacial score (nSPS) is 14.9. The van der Waals surface area contributed by atoms with Gasteiger partial charge in [-0.15, -0.1) is 5.11 Å². The zero-order chi connectivity index (χ0) is 16.6. The number of carbonyl (C=O) groups is 1. The largest absolute Gasteiger partial charge is 0.351 e. The Kier molecular flexibility index (Phi) is 3.97. The molecule has 2 amide bonds. The minimum atomic E-state index is -0.293. The summed E-state index contributed by atoms with van der Waals surface area (Å²) in [7, 11) is 3.33. The van der Waals surface area contributed by atoms with Crippen LogP contribution in [0.2, 0.25) is 0 Å². The van der Waals surface area contributed by atoms with Crippen molar-refractivity contribution in [3.8, 4) is 0 Å². The van der Waals surface area contributed by atoms with Gasteiger partial charge >= 0.3 is 6.03 Å². The van der Waals surface area contributed by atoms with Crippen LogP contribution in [0, 0.1) is 5.92 Å². The Balaban J connectivity index is 2.05. The zero-order valence-electron chi connectivity index (χ0n) is 13.6. The van der Waals surface area contributed by atoms with Crippen molar-refractivity contribution in [3.05, 3.63) is 39.9 Å². The fraction of sp³-hybridized carbons (Fsp3) is 0.312. The second-order valence-electron chi connectivity index (χ2n) is 5.63. The van der Waals surface area contributed by atoms with Crippen LogP contribution in [0.1, 0.15) is 13.8 Å². The molecular formula is C16H20N6O. The molecule has 1 aromatic carbocycles. The van der Waals surface area contributed by atoms with Crippen LogP contribution in [0.4, 0.5) is 10.5 Å². The van der Waals surface area contributed by atoms with E-state index in [1.807, 2.05) is 18.2 Å². The lowest BCUT2D eigenvalue weighted by molar-refractivity contribution is 0.163. The Morgan fingerprint density at radius 2 is 1.91 bits per heavy atom. The molecular weight excluding hydrogens is 292 g/mol. The quantitative estimate of drug-likeness (QED) is 0.727. The zero-order valence-corrected chi connectivity index (χ0v) is 13.6. The molecule has 0 fully saturated rings. The fourth-order valence-corrected chi connectivity index (χ4v) is 2.77. The van der Waals surface area contributed by atoms with Crippen LogP contribution >= 0.6 is 0 Å². The van der Waals surface area contributed by atoms with Gasteiger partial charge in [0.05, 0.1) is 11.4 Å². The number of nitrogens with zero attached hydrogens (tertiary/aromatic N) is 3. The molecule has 3 rings (SSSR count). The SMILES string of the molecule is CNN(NC)C(=O)Nc1cccc2c1=CC1=C(C(C)C)N=NC=21. The predicted octanol–water partition coefficient (Wildman–Crippen LogP) is 1.07. The topological polar surface area (TPSA) is 81.1 Å². The van der Waals surface area contributed by atoms with Gasteiger partial charge in [-0.05, 0) is 18.1 Å². The molecule has 7 heteroatoms. The van der Waals surface area contributed by atoms with E-state index in [1.54, 1.807) is 14.1 Å². The highest BCUT2D eigenvalue weighted by Gasteiger charge is 2.24. The molecule has 120 valence electrons. The van der Waals surface area contributed by atoms with Crippen LogP contribution in [-0.4, -0.2) is 25.2 Å². The molecule has 0 saturated carbocycles. The van der Waals surface area contributed by atoms with E-state index in [9.17, 15) is 4.79 Å². The Morgan fingerprint density at radius 3 is 2.57 bits per heavy atom. The number of urea groups is 1. The number of hydrazine groups is 2. The summed E-state index contributed by atoms with van der Waals surface area (Å²) in [4.78, 5) is 12.2. The first-order valence-corrected chi connectivity index (χ1v) is 7.54. The Morgan fingerprint density at radius 1 is 1.17 bits per heavy atom. The molecule has 1 aromatic rings. The van der Waals surface area contributed by atoms with Crippen molar-refractivity contribution >= 4 is 23.5 Å². The lowest BCUT2D eigenvalue weighted by Crippen LogP contribution is -2.51. The van der Waals surface area contributed by atoms with Crippen LogP contribution in [0.25, 0.3) is 11.8 Å². The van der Waals surface area contributed by atoms with Crippen LogP contribution < -0.4 is 26.6 Å². The molecule has 0 unspecified atom stereocenters. The molecule has 0 atom stereocenters. The highest BCUT2D eigenvalue weighted by molar-refractivity contribution is 5.92. The fourth-order valence-electron chi connectivity index (χ4n) is 2.77. The number of hydrogen-bond acceptors (Lipinski definition) is 5. The van der Waals surface area contributed by atoms with E-state index in [-0.39, 0.29) is 6.03 Å². The number of amides is 2. The van der Waals surface area contributed by atoms with Crippen LogP contribution in [-0.2, 0) is 0 Å². The monoisotopic (exact) mass is 312 g/mol. The molecule has 1 aliphatic carbocycles. The first-order chi connectivity index (χ1) is 11.1. The number of azo groups is 1. The average molecular weight is 312 g/mol. The number of carbonyl (C=O) groups excluding carboxylic acids is 1. The predicted molar refractivity (Wildman–Crippen MR) is 89.3 cm³/mol. The molecule has 0 aromatic heterocycles. The van der Waals surface area contributed by atoms with Crippen LogP contribution in [0.15, 0.2) is 39.7 Å². The lowest BCUT2D eigenvalue weighted by atomic mass is 10.1. The summed E-state index contributed by atoms with van der Waals surface area (Å²) in [5, 5.41) is 14.7. The summed E-state index contributed by atoms with van der Waals surface area (Å²) in [6, 6.07) is 5.49. The van der Waals surface area contributed by atoms with Gasteiger partial charge in [0.15, 0.2) is 0 Å². The van der Waals surface area contributed by atoms with E-state index < -0.39 is 0 Å². The maximum atomic E-state index is 12.2. The third kappa shape index (κ3) is 2.54. The molecule has 0 radical (unpaired) electrons. The number of fused-ring (bicyclic) bond motifs is 2. The molecule has 0 bridgehead atoms. The number of allylic oxidation sites excluding steroid dienone is 1. The average Bonchev–Trinajstić information content (AvgIpc) is 3.08. The summed E-state index contributed by atoms with van der Waals surface area (Å²) in [6.45, 7) is 4.20. The highest BCUT2D eigenvalue weighted by atomic mass is 16.2. The molecule has 1 aliphatic heterocycles. The van der Waals surface area contributed by atoms with Gasteiger partial charge in [-0.1, -0.05) is 26.0 Å². The molecule has 3 N–H and O–H groups in total. The van der Waals surface area contributed by atoms with E-state index >= 15 is 0 Å².